The Morgan fingerprint density at radius 3 is 2.03 bits per heavy atom. The third-order valence-electron chi connectivity index (χ3n) is 8.91. The van der Waals surface area contributed by atoms with Crippen LogP contribution in [0.2, 0.25) is 0 Å². The minimum atomic E-state index is -1.51. The zero-order chi connectivity index (χ0) is 23.6. The van der Waals surface area contributed by atoms with Crippen LogP contribution in [-0.4, -0.2) is 105 Å². The monoisotopic (exact) mass is 462 g/mol. The Morgan fingerprint density at radius 2 is 1.44 bits per heavy atom. The molecule has 10 nitrogen and oxygen atoms in total. The molecule has 0 aromatic rings. The third-order valence-corrected chi connectivity index (χ3v) is 8.91. The zero-order valence-corrected chi connectivity index (χ0v) is 19.1. The quantitative estimate of drug-likeness (QED) is 0.295. The van der Waals surface area contributed by atoms with E-state index in [4.69, 9.17) is 18.9 Å². The van der Waals surface area contributed by atoms with Crippen molar-refractivity contribution in [3.8, 4) is 0 Å². The van der Waals surface area contributed by atoms with Gasteiger partial charge in [0, 0.05) is 0 Å². The highest BCUT2D eigenvalue weighted by Crippen LogP contribution is 2.66. The van der Waals surface area contributed by atoms with Gasteiger partial charge in [0.25, 0.3) is 0 Å². The lowest BCUT2D eigenvalue weighted by atomic mass is 9.70. The van der Waals surface area contributed by atoms with Crippen LogP contribution < -0.4 is 0 Å². The fraction of sp³-hybridized carbons (Fsp3) is 1.00. The van der Waals surface area contributed by atoms with Crippen LogP contribution in [0, 0.1) is 16.7 Å². The lowest BCUT2D eigenvalue weighted by molar-refractivity contribution is -0.337. The van der Waals surface area contributed by atoms with Crippen molar-refractivity contribution in [2.75, 3.05) is 6.61 Å². The van der Waals surface area contributed by atoms with E-state index in [0.717, 1.165) is 19.3 Å². The first-order valence-electron chi connectivity index (χ1n) is 11.5. The Kier molecular flexibility index (Phi) is 6.70. The molecule has 0 radical (unpaired) electrons. The van der Waals surface area contributed by atoms with Crippen LogP contribution in [0.15, 0.2) is 0 Å². The predicted molar refractivity (Wildman–Crippen MR) is 109 cm³/mol. The summed E-state index contributed by atoms with van der Waals surface area (Å²) in [5.74, 6) is 0.515. The number of rotatable bonds is 5. The molecule has 2 bridgehead atoms. The lowest BCUT2D eigenvalue weighted by Crippen LogP contribution is -2.61. The molecule has 13 atom stereocenters. The summed E-state index contributed by atoms with van der Waals surface area (Å²) in [6.07, 6.45) is -10.0. The molecule has 2 aliphatic heterocycles. The maximum atomic E-state index is 10.5. The van der Waals surface area contributed by atoms with Gasteiger partial charge in [-0.1, -0.05) is 20.8 Å². The summed E-state index contributed by atoms with van der Waals surface area (Å²) in [4.78, 5) is 0. The summed E-state index contributed by atoms with van der Waals surface area (Å²) < 4.78 is 22.9. The normalized spacial score (nSPS) is 55.3. The molecule has 2 saturated heterocycles. The largest absolute Gasteiger partial charge is 0.388 e. The SMILES string of the molecule is C[C@@H]1O[C@@H](OC[C@H]2O[C@@H](O[C@H]3C[C@H]4CC[C@]3(C)C4(C)C)[C@H](O)[C@@H](O)[C@@H]2O)[C@H](O)[C@H](O)[C@H]1O. The summed E-state index contributed by atoms with van der Waals surface area (Å²) >= 11 is 0. The number of fused-ring (bicyclic) bond motifs is 2. The van der Waals surface area contributed by atoms with E-state index in [1.165, 1.54) is 6.92 Å². The average Bonchev–Trinajstić information content (AvgIpc) is 3.08. The van der Waals surface area contributed by atoms with Gasteiger partial charge in [-0.3, -0.25) is 0 Å². The predicted octanol–water partition coefficient (Wildman–Crippen LogP) is -1.13. The summed E-state index contributed by atoms with van der Waals surface area (Å²) in [5, 5.41) is 61.2. The van der Waals surface area contributed by atoms with Gasteiger partial charge >= 0.3 is 0 Å². The van der Waals surface area contributed by atoms with E-state index in [1.807, 2.05) is 0 Å². The maximum Gasteiger partial charge on any atom is 0.186 e. The molecule has 6 N–H and O–H groups in total. The summed E-state index contributed by atoms with van der Waals surface area (Å²) in [6.45, 7) is 7.91. The lowest BCUT2D eigenvalue weighted by Gasteiger charge is -2.45. The number of hydrogen-bond donors (Lipinski definition) is 6. The van der Waals surface area contributed by atoms with Crippen LogP contribution in [0.1, 0.15) is 47.0 Å². The van der Waals surface area contributed by atoms with E-state index in [0.29, 0.717) is 5.92 Å². The molecule has 4 rings (SSSR count). The number of aliphatic hydroxyl groups is 6. The highest BCUT2D eigenvalue weighted by atomic mass is 16.7. The van der Waals surface area contributed by atoms with Crippen molar-refractivity contribution in [2.24, 2.45) is 16.7 Å². The highest BCUT2D eigenvalue weighted by molar-refractivity contribution is 5.11. The van der Waals surface area contributed by atoms with Crippen molar-refractivity contribution in [3.05, 3.63) is 0 Å². The van der Waals surface area contributed by atoms with Crippen LogP contribution in [0.5, 0.6) is 0 Å². The molecule has 0 unspecified atom stereocenters. The summed E-state index contributed by atoms with van der Waals surface area (Å²) in [5.41, 5.74) is 0.00933. The molecule has 10 heteroatoms. The first-order chi connectivity index (χ1) is 14.9. The van der Waals surface area contributed by atoms with E-state index in [1.54, 1.807) is 0 Å². The molecule has 0 amide bonds. The molecule has 32 heavy (non-hydrogen) atoms. The van der Waals surface area contributed by atoms with Crippen LogP contribution in [0.4, 0.5) is 0 Å². The molecule has 2 heterocycles. The van der Waals surface area contributed by atoms with E-state index in [9.17, 15) is 30.6 Å². The minimum absolute atomic E-state index is 0.0824. The fourth-order valence-corrected chi connectivity index (χ4v) is 6.01. The van der Waals surface area contributed by atoms with Crippen LogP contribution >= 0.6 is 0 Å². The van der Waals surface area contributed by atoms with Gasteiger partial charge in [-0.15, -0.1) is 0 Å². The summed E-state index contributed by atoms with van der Waals surface area (Å²) in [7, 11) is 0. The first-order valence-corrected chi connectivity index (χ1v) is 11.5. The molecule has 186 valence electrons. The van der Waals surface area contributed by atoms with Crippen molar-refractivity contribution in [1.82, 2.24) is 0 Å². The van der Waals surface area contributed by atoms with Gasteiger partial charge in [0.15, 0.2) is 12.6 Å². The molecule has 4 aliphatic rings. The molecule has 0 spiro atoms. The number of hydrogen-bond acceptors (Lipinski definition) is 10. The molecule has 0 aromatic heterocycles. The molecule has 2 aliphatic carbocycles. The Morgan fingerprint density at radius 1 is 0.812 bits per heavy atom. The van der Waals surface area contributed by atoms with E-state index < -0.39 is 61.4 Å². The second-order valence-electron chi connectivity index (χ2n) is 10.8. The Balaban J connectivity index is 1.40. The molecule has 0 aromatic carbocycles. The van der Waals surface area contributed by atoms with Gasteiger partial charge in [-0.25, -0.2) is 0 Å². The fourth-order valence-electron chi connectivity index (χ4n) is 6.01. The second-order valence-corrected chi connectivity index (χ2v) is 10.8. The van der Waals surface area contributed by atoms with Crippen molar-refractivity contribution in [3.63, 3.8) is 0 Å². The van der Waals surface area contributed by atoms with Crippen LogP contribution in [-0.2, 0) is 18.9 Å². The molecular formula is C22H38O10. The number of aliphatic hydroxyl groups excluding tert-OH is 6. The van der Waals surface area contributed by atoms with Gasteiger partial charge < -0.3 is 49.6 Å². The van der Waals surface area contributed by atoms with Crippen molar-refractivity contribution >= 4 is 0 Å². The van der Waals surface area contributed by atoms with Crippen LogP contribution in [0.25, 0.3) is 0 Å². The van der Waals surface area contributed by atoms with E-state index in [2.05, 4.69) is 20.8 Å². The number of ether oxygens (including phenoxy) is 4. The van der Waals surface area contributed by atoms with E-state index in [-0.39, 0.29) is 23.5 Å². The van der Waals surface area contributed by atoms with Gasteiger partial charge in [0.1, 0.15) is 42.7 Å². The van der Waals surface area contributed by atoms with Gasteiger partial charge in [0.2, 0.25) is 0 Å². The third kappa shape index (κ3) is 3.82. The Labute approximate surface area is 188 Å². The van der Waals surface area contributed by atoms with Crippen LogP contribution in [0.3, 0.4) is 0 Å². The van der Waals surface area contributed by atoms with Crippen molar-refractivity contribution in [1.29, 1.82) is 0 Å². The van der Waals surface area contributed by atoms with Gasteiger partial charge in [0.05, 0.1) is 18.8 Å². The second kappa shape index (κ2) is 8.67. The van der Waals surface area contributed by atoms with Crippen molar-refractivity contribution < 1.29 is 49.6 Å². The van der Waals surface area contributed by atoms with Crippen molar-refractivity contribution in [2.45, 2.75) is 114 Å². The highest BCUT2D eigenvalue weighted by Gasteiger charge is 2.63. The Hall–Kier alpha value is -0.400. The first kappa shape index (κ1) is 24.7. The molecular weight excluding hydrogens is 424 g/mol. The minimum Gasteiger partial charge on any atom is -0.388 e. The van der Waals surface area contributed by atoms with Gasteiger partial charge in [-0.2, -0.15) is 0 Å². The maximum absolute atomic E-state index is 10.5. The van der Waals surface area contributed by atoms with Gasteiger partial charge in [-0.05, 0) is 42.9 Å². The smallest absolute Gasteiger partial charge is 0.186 e. The molecule has 2 saturated carbocycles. The van der Waals surface area contributed by atoms with E-state index >= 15 is 0 Å². The molecule has 4 fully saturated rings. The Bertz CT molecular complexity index is 675. The average molecular weight is 463 g/mol. The standard InChI is InChI=1S/C22H38O10/c1-9-13(23)15(25)17(27)19(30-9)29-8-11-14(24)16(26)18(28)20(31-11)32-12-7-10-5-6-22(12,4)21(10,2)3/h9-20,23-28H,5-8H2,1-4H3/t9-,10+,11+,12-,13-,14+,15+,16-,17+,18+,19+,20-,22-/m0/s1. The zero-order valence-electron chi connectivity index (χ0n) is 19.1. The topological polar surface area (TPSA) is 158 Å². The summed E-state index contributed by atoms with van der Waals surface area (Å²) in [6, 6.07) is 0.